The van der Waals surface area contributed by atoms with Gasteiger partial charge in [0.1, 0.15) is 5.75 Å². The molecule has 5 nitrogen and oxygen atoms in total. The highest BCUT2D eigenvalue weighted by Crippen LogP contribution is 2.17. The van der Waals surface area contributed by atoms with E-state index >= 15 is 0 Å². The van der Waals surface area contributed by atoms with Gasteiger partial charge in [-0.3, -0.25) is 9.59 Å². The van der Waals surface area contributed by atoms with Gasteiger partial charge >= 0.3 is 5.97 Å². The number of benzene rings is 1. The zero-order valence-electron chi connectivity index (χ0n) is 12.0. The molecule has 0 aliphatic carbocycles. The summed E-state index contributed by atoms with van der Waals surface area (Å²) in [6.45, 7) is 0.358. The van der Waals surface area contributed by atoms with E-state index in [1.54, 1.807) is 35.6 Å². The Labute approximate surface area is 132 Å². The Morgan fingerprint density at radius 3 is 2.59 bits per heavy atom. The highest BCUT2D eigenvalue weighted by molar-refractivity contribution is 7.10. The van der Waals surface area contributed by atoms with Crippen molar-refractivity contribution in [3.8, 4) is 5.75 Å². The van der Waals surface area contributed by atoms with Gasteiger partial charge in [0, 0.05) is 17.0 Å². The maximum atomic E-state index is 11.8. The van der Waals surface area contributed by atoms with Gasteiger partial charge in [0.15, 0.2) is 0 Å². The first kappa shape index (κ1) is 16.0. The van der Waals surface area contributed by atoms with Crippen molar-refractivity contribution in [3.05, 3.63) is 46.7 Å². The van der Waals surface area contributed by atoms with Crippen molar-refractivity contribution in [2.75, 3.05) is 11.9 Å². The molecular formula is C16H17NO4S. The van der Waals surface area contributed by atoms with Crippen LogP contribution in [-0.2, 0) is 16.0 Å². The van der Waals surface area contributed by atoms with E-state index in [4.69, 9.17) is 9.84 Å². The monoisotopic (exact) mass is 319 g/mol. The summed E-state index contributed by atoms with van der Waals surface area (Å²) in [7, 11) is 0. The van der Waals surface area contributed by atoms with Gasteiger partial charge in [0.25, 0.3) is 0 Å². The number of carboxylic acid groups (broad SMARTS) is 1. The highest BCUT2D eigenvalue weighted by atomic mass is 32.1. The maximum Gasteiger partial charge on any atom is 0.303 e. The van der Waals surface area contributed by atoms with Gasteiger partial charge in [-0.05, 0) is 42.1 Å². The van der Waals surface area contributed by atoms with Crippen LogP contribution in [0, 0.1) is 0 Å². The van der Waals surface area contributed by atoms with Crippen LogP contribution >= 0.6 is 11.3 Å². The number of thiophene rings is 1. The second-order valence-electron chi connectivity index (χ2n) is 4.67. The minimum Gasteiger partial charge on any atom is -0.494 e. The molecule has 0 unspecified atom stereocenters. The first-order chi connectivity index (χ1) is 10.6. The molecule has 1 aromatic heterocycles. The minimum absolute atomic E-state index is 0.0578. The Kier molecular flexibility index (Phi) is 5.97. The summed E-state index contributed by atoms with van der Waals surface area (Å²) in [5, 5.41) is 13.3. The van der Waals surface area contributed by atoms with E-state index in [1.165, 1.54) is 0 Å². The molecule has 22 heavy (non-hydrogen) atoms. The molecule has 2 rings (SSSR count). The molecule has 0 saturated heterocycles. The normalized spacial score (nSPS) is 10.2. The Morgan fingerprint density at radius 1 is 1.18 bits per heavy atom. The SMILES string of the molecule is O=C(O)CCCOc1ccc(NC(=O)Cc2cccs2)cc1. The molecule has 0 spiro atoms. The van der Waals surface area contributed by atoms with Crippen molar-refractivity contribution >= 4 is 28.9 Å². The summed E-state index contributed by atoms with van der Waals surface area (Å²) in [5.74, 6) is -0.230. The average Bonchev–Trinajstić information content (AvgIpc) is 2.98. The number of amides is 1. The molecule has 2 aromatic rings. The number of rotatable bonds is 8. The van der Waals surface area contributed by atoms with Crippen molar-refractivity contribution in [1.82, 2.24) is 0 Å². The largest absolute Gasteiger partial charge is 0.494 e. The van der Waals surface area contributed by atoms with Crippen molar-refractivity contribution in [3.63, 3.8) is 0 Å². The number of carbonyl (C=O) groups excluding carboxylic acids is 1. The van der Waals surface area contributed by atoms with Gasteiger partial charge in [-0.25, -0.2) is 0 Å². The van der Waals surface area contributed by atoms with Crippen molar-refractivity contribution < 1.29 is 19.4 Å². The van der Waals surface area contributed by atoms with Crippen LogP contribution in [0.1, 0.15) is 17.7 Å². The molecule has 0 fully saturated rings. The summed E-state index contributed by atoms with van der Waals surface area (Å²) < 4.78 is 5.43. The fourth-order valence-corrected chi connectivity index (χ4v) is 2.53. The van der Waals surface area contributed by atoms with Crippen molar-refractivity contribution in [2.45, 2.75) is 19.3 Å². The lowest BCUT2D eigenvalue weighted by Crippen LogP contribution is -2.13. The van der Waals surface area contributed by atoms with E-state index in [2.05, 4.69) is 5.32 Å². The fourth-order valence-electron chi connectivity index (χ4n) is 1.82. The van der Waals surface area contributed by atoms with Crippen LogP contribution in [0.3, 0.4) is 0 Å². The van der Waals surface area contributed by atoms with E-state index in [0.717, 1.165) is 4.88 Å². The van der Waals surface area contributed by atoms with E-state index in [9.17, 15) is 9.59 Å². The smallest absolute Gasteiger partial charge is 0.303 e. The lowest BCUT2D eigenvalue weighted by Gasteiger charge is -2.07. The number of carbonyl (C=O) groups is 2. The molecule has 6 heteroatoms. The third kappa shape index (κ3) is 5.57. The number of ether oxygens (including phenoxy) is 1. The zero-order chi connectivity index (χ0) is 15.8. The van der Waals surface area contributed by atoms with Crippen LogP contribution in [0.2, 0.25) is 0 Å². The van der Waals surface area contributed by atoms with Crippen LogP contribution in [0.15, 0.2) is 41.8 Å². The van der Waals surface area contributed by atoms with Gasteiger partial charge < -0.3 is 15.2 Å². The summed E-state index contributed by atoms with van der Waals surface area (Å²) in [6, 6.07) is 10.9. The lowest BCUT2D eigenvalue weighted by molar-refractivity contribution is -0.137. The number of anilines is 1. The van der Waals surface area contributed by atoms with Gasteiger partial charge in [0.05, 0.1) is 13.0 Å². The number of nitrogens with one attached hydrogen (secondary N) is 1. The van der Waals surface area contributed by atoms with E-state index in [0.29, 0.717) is 30.9 Å². The van der Waals surface area contributed by atoms with Gasteiger partial charge in [-0.2, -0.15) is 0 Å². The molecule has 1 amide bonds. The minimum atomic E-state index is -0.826. The highest BCUT2D eigenvalue weighted by Gasteiger charge is 2.05. The molecule has 1 heterocycles. The van der Waals surface area contributed by atoms with Crippen molar-refractivity contribution in [2.24, 2.45) is 0 Å². The van der Waals surface area contributed by atoms with Crippen LogP contribution in [-0.4, -0.2) is 23.6 Å². The predicted molar refractivity (Wildman–Crippen MR) is 85.5 cm³/mol. The molecule has 0 bridgehead atoms. The molecule has 0 atom stereocenters. The van der Waals surface area contributed by atoms with E-state index in [-0.39, 0.29) is 12.3 Å². The molecule has 0 saturated carbocycles. The standard InChI is InChI=1S/C16H17NO4S/c18-15(11-14-3-2-10-22-14)17-12-5-7-13(8-6-12)21-9-1-4-16(19)20/h2-3,5-8,10H,1,4,9,11H2,(H,17,18)(H,19,20). The van der Waals surface area contributed by atoms with Crippen LogP contribution < -0.4 is 10.1 Å². The third-order valence-electron chi connectivity index (χ3n) is 2.86. The third-order valence-corrected chi connectivity index (χ3v) is 3.73. The lowest BCUT2D eigenvalue weighted by atomic mass is 10.2. The summed E-state index contributed by atoms with van der Waals surface area (Å²) >= 11 is 1.55. The average molecular weight is 319 g/mol. The van der Waals surface area contributed by atoms with E-state index in [1.807, 2.05) is 17.5 Å². The number of hydrogen-bond donors (Lipinski definition) is 2. The Balaban J connectivity index is 1.76. The fraction of sp³-hybridized carbons (Fsp3) is 0.250. The summed E-state index contributed by atoms with van der Waals surface area (Å²) in [5.41, 5.74) is 0.708. The van der Waals surface area contributed by atoms with Crippen LogP contribution in [0.25, 0.3) is 0 Å². The molecule has 0 radical (unpaired) electrons. The van der Waals surface area contributed by atoms with Gasteiger partial charge in [-0.1, -0.05) is 6.07 Å². The van der Waals surface area contributed by atoms with E-state index < -0.39 is 5.97 Å². The maximum absolute atomic E-state index is 11.8. The Hall–Kier alpha value is -2.34. The predicted octanol–water partition coefficient (Wildman–Crippen LogP) is 3.17. The Morgan fingerprint density at radius 2 is 1.95 bits per heavy atom. The molecular weight excluding hydrogens is 302 g/mol. The van der Waals surface area contributed by atoms with Gasteiger partial charge in [0.2, 0.25) is 5.91 Å². The second kappa shape index (κ2) is 8.19. The quantitative estimate of drug-likeness (QED) is 0.733. The van der Waals surface area contributed by atoms with Crippen molar-refractivity contribution in [1.29, 1.82) is 0 Å². The summed E-state index contributed by atoms with van der Waals surface area (Å²) in [4.78, 5) is 23.2. The first-order valence-corrected chi connectivity index (χ1v) is 7.78. The Bertz CT molecular complexity index is 608. The molecule has 1 aromatic carbocycles. The first-order valence-electron chi connectivity index (χ1n) is 6.90. The van der Waals surface area contributed by atoms with Gasteiger partial charge in [-0.15, -0.1) is 11.3 Å². The van der Waals surface area contributed by atoms with Crippen LogP contribution in [0.4, 0.5) is 5.69 Å². The number of carboxylic acids is 1. The number of hydrogen-bond acceptors (Lipinski definition) is 4. The second-order valence-corrected chi connectivity index (χ2v) is 5.71. The molecule has 0 aliphatic rings. The molecule has 116 valence electrons. The summed E-state index contributed by atoms with van der Waals surface area (Å²) in [6.07, 6.45) is 0.927. The molecule has 2 N–H and O–H groups in total. The molecule has 0 aliphatic heterocycles. The van der Waals surface area contributed by atoms with Crippen LogP contribution in [0.5, 0.6) is 5.75 Å². The zero-order valence-corrected chi connectivity index (χ0v) is 12.8. The number of aliphatic carboxylic acids is 1. The topological polar surface area (TPSA) is 75.6 Å².